The van der Waals surface area contributed by atoms with E-state index in [1.807, 2.05) is 0 Å². The van der Waals surface area contributed by atoms with E-state index in [2.05, 4.69) is 13.8 Å². The average molecular weight is 485 g/mol. The highest BCUT2D eigenvalue weighted by Crippen LogP contribution is 2.73. The van der Waals surface area contributed by atoms with Crippen molar-refractivity contribution in [1.29, 1.82) is 0 Å². The van der Waals surface area contributed by atoms with Crippen LogP contribution in [0.3, 0.4) is 0 Å². The Kier molecular flexibility index (Phi) is 5.99. The van der Waals surface area contributed by atoms with Gasteiger partial charge in [-0.15, -0.1) is 0 Å². The van der Waals surface area contributed by atoms with Gasteiger partial charge in [0.05, 0.1) is 18.8 Å². The summed E-state index contributed by atoms with van der Waals surface area (Å²) >= 11 is 0. The quantitative estimate of drug-likeness (QED) is 0.272. The van der Waals surface area contributed by atoms with Gasteiger partial charge in [-0.25, -0.2) is 4.79 Å². The van der Waals surface area contributed by atoms with Crippen molar-refractivity contribution in [2.24, 2.45) is 34.0 Å². The molecule has 2 bridgehead atoms. The zero-order valence-electron chi connectivity index (χ0n) is 21.0. The van der Waals surface area contributed by atoms with Crippen LogP contribution in [0.5, 0.6) is 11.5 Å². The molecule has 6 nitrogen and oxygen atoms in total. The minimum atomic E-state index is -0.970. The van der Waals surface area contributed by atoms with Gasteiger partial charge in [0.25, 0.3) is 0 Å². The first-order valence-electron chi connectivity index (χ1n) is 13.2. The van der Waals surface area contributed by atoms with E-state index in [0.717, 1.165) is 44.9 Å². The molecule has 1 spiro atoms. The van der Waals surface area contributed by atoms with Crippen LogP contribution in [0.1, 0.15) is 77.2 Å². The van der Waals surface area contributed by atoms with Gasteiger partial charge in [-0.2, -0.15) is 0 Å². The first-order valence-corrected chi connectivity index (χ1v) is 13.2. The Morgan fingerprint density at radius 1 is 1.09 bits per heavy atom. The highest BCUT2D eigenvalue weighted by atomic mass is 16.5. The van der Waals surface area contributed by atoms with Crippen molar-refractivity contribution in [2.45, 2.75) is 77.2 Å². The van der Waals surface area contributed by atoms with E-state index >= 15 is 0 Å². The summed E-state index contributed by atoms with van der Waals surface area (Å²) in [5, 5.41) is 40.5. The third kappa shape index (κ3) is 3.97. The Morgan fingerprint density at radius 3 is 2.63 bits per heavy atom. The van der Waals surface area contributed by atoms with Crippen molar-refractivity contribution in [3.8, 4) is 11.5 Å². The number of benzene rings is 1. The van der Waals surface area contributed by atoms with Crippen LogP contribution in [0.25, 0.3) is 6.08 Å². The molecule has 0 amide bonds. The number of rotatable bonds is 5. The van der Waals surface area contributed by atoms with E-state index in [-0.39, 0.29) is 40.3 Å². The Morgan fingerprint density at radius 2 is 1.89 bits per heavy atom. The first kappa shape index (κ1) is 24.6. The fourth-order valence-corrected chi connectivity index (χ4v) is 9.13. The number of hydrogen-bond acceptors (Lipinski definition) is 6. The Bertz CT molecular complexity index is 1020. The maximum atomic E-state index is 12.8. The molecule has 4 saturated carbocycles. The maximum absolute atomic E-state index is 12.8. The molecule has 192 valence electrons. The number of esters is 1. The molecule has 0 aliphatic heterocycles. The van der Waals surface area contributed by atoms with Crippen LogP contribution in [0.4, 0.5) is 0 Å². The standard InChI is InChI=1S/C29H40O6/c1-26(2)11-3-12-28(18-35-25(33)9-5-19-4-7-21(31)22(32)14-19)23(26)10-13-27-15-20(6-8-24(27)28)29(34,16-27)17-30/h4-5,7,9,14,20,23-24,30-32,34H,3,6,8,10-13,15-18H2,1-2H3. The third-order valence-corrected chi connectivity index (χ3v) is 10.5. The normalized spacial score (nSPS) is 39.7. The van der Waals surface area contributed by atoms with Crippen molar-refractivity contribution < 1.29 is 30.0 Å². The van der Waals surface area contributed by atoms with Gasteiger partial charge in [0.2, 0.25) is 0 Å². The summed E-state index contributed by atoms with van der Waals surface area (Å²) in [6, 6.07) is 4.42. The highest BCUT2D eigenvalue weighted by molar-refractivity contribution is 5.87. The van der Waals surface area contributed by atoms with E-state index in [4.69, 9.17) is 4.74 Å². The summed E-state index contributed by atoms with van der Waals surface area (Å²) in [6.45, 7) is 4.96. The van der Waals surface area contributed by atoms with Gasteiger partial charge >= 0.3 is 5.97 Å². The van der Waals surface area contributed by atoms with Crippen LogP contribution in [-0.2, 0) is 9.53 Å². The van der Waals surface area contributed by atoms with Crippen molar-refractivity contribution in [3.63, 3.8) is 0 Å². The molecule has 6 unspecified atom stereocenters. The number of phenols is 2. The molecule has 0 radical (unpaired) electrons. The molecule has 0 aromatic heterocycles. The van der Waals surface area contributed by atoms with Crippen LogP contribution in [0.15, 0.2) is 24.3 Å². The topological polar surface area (TPSA) is 107 Å². The summed E-state index contributed by atoms with van der Waals surface area (Å²) < 4.78 is 5.99. The second-order valence-electron chi connectivity index (χ2n) is 12.7. The van der Waals surface area contributed by atoms with Gasteiger partial charge in [-0.1, -0.05) is 26.3 Å². The molecule has 0 heterocycles. The molecule has 6 atom stereocenters. The number of hydrogen-bond donors (Lipinski definition) is 4. The molecule has 4 aliphatic carbocycles. The minimum absolute atomic E-state index is 0.0239. The molecule has 4 fully saturated rings. The summed E-state index contributed by atoms with van der Waals surface area (Å²) in [7, 11) is 0. The molecule has 5 rings (SSSR count). The maximum Gasteiger partial charge on any atom is 0.330 e. The number of aromatic hydroxyl groups is 2. The lowest BCUT2D eigenvalue weighted by Gasteiger charge is -2.64. The van der Waals surface area contributed by atoms with Gasteiger partial charge in [0, 0.05) is 11.5 Å². The Balaban J connectivity index is 1.39. The number of phenolic OH excluding ortho intramolecular Hbond substituents is 2. The van der Waals surface area contributed by atoms with Crippen LogP contribution >= 0.6 is 0 Å². The van der Waals surface area contributed by atoms with Gasteiger partial charge in [-0.05, 0) is 104 Å². The molecule has 1 aromatic carbocycles. The second kappa shape index (κ2) is 8.52. The molecular weight excluding hydrogens is 444 g/mol. The third-order valence-electron chi connectivity index (χ3n) is 10.5. The largest absolute Gasteiger partial charge is 0.504 e. The predicted octanol–water partition coefficient (Wildman–Crippen LogP) is 4.79. The molecule has 35 heavy (non-hydrogen) atoms. The molecule has 6 heteroatoms. The van der Waals surface area contributed by atoms with Gasteiger partial charge in [-0.3, -0.25) is 0 Å². The smallest absolute Gasteiger partial charge is 0.330 e. The monoisotopic (exact) mass is 484 g/mol. The number of aliphatic hydroxyl groups excluding tert-OH is 1. The molecule has 4 aliphatic rings. The van der Waals surface area contributed by atoms with E-state index < -0.39 is 11.6 Å². The van der Waals surface area contributed by atoms with Crippen LogP contribution in [0.2, 0.25) is 0 Å². The number of carbonyl (C=O) groups is 1. The molecule has 0 saturated heterocycles. The Labute approximate surface area is 208 Å². The highest BCUT2D eigenvalue weighted by Gasteiger charge is 2.68. The predicted molar refractivity (Wildman–Crippen MR) is 132 cm³/mol. The van der Waals surface area contributed by atoms with Gasteiger partial charge in [0.1, 0.15) is 0 Å². The summed E-state index contributed by atoms with van der Waals surface area (Å²) in [5.74, 6) is 0.187. The van der Waals surface area contributed by atoms with Crippen LogP contribution in [0, 0.1) is 34.0 Å². The van der Waals surface area contributed by atoms with E-state index in [1.54, 1.807) is 12.1 Å². The number of carbonyl (C=O) groups excluding carboxylic acids is 1. The lowest BCUT2D eigenvalue weighted by Crippen LogP contribution is -2.59. The SMILES string of the molecule is CC1(C)CCCC2(COC(=O)C=Cc3ccc(O)c(O)c3)C1CCC13CC(CCC12)C(O)(CO)C3. The summed E-state index contributed by atoms with van der Waals surface area (Å²) in [6.07, 6.45) is 12.1. The average Bonchev–Trinajstić information content (AvgIpc) is 3.03. The molecule has 4 N–H and O–H groups in total. The minimum Gasteiger partial charge on any atom is -0.504 e. The van der Waals surface area contributed by atoms with Crippen LogP contribution in [-0.4, -0.2) is 45.2 Å². The number of fused-ring (bicyclic) bond motifs is 3. The number of ether oxygens (including phenoxy) is 1. The number of aliphatic hydroxyl groups is 2. The summed E-state index contributed by atoms with van der Waals surface area (Å²) in [4.78, 5) is 12.8. The van der Waals surface area contributed by atoms with E-state index in [0.29, 0.717) is 30.4 Å². The van der Waals surface area contributed by atoms with E-state index in [1.165, 1.54) is 24.6 Å². The second-order valence-corrected chi connectivity index (χ2v) is 12.7. The zero-order valence-corrected chi connectivity index (χ0v) is 21.0. The van der Waals surface area contributed by atoms with Crippen molar-refractivity contribution >= 4 is 12.0 Å². The molecular formula is C29H40O6. The first-order chi connectivity index (χ1) is 16.5. The lowest BCUT2D eigenvalue weighted by molar-refractivity contribution is -0.187. The van der Waals surface area contributed by atoms with Crippen molar-refractivity contribution in [2.75, 3.05) is 13.2 Å². The fraction of sp³-hybridized carbons (Fsp3) is 0.690. The van der Waals surface area contributed by atoms with Gasteiger partial charge in [0.15, 0.2) is 11.5 Å². The summed E-state index contributed by atoms with van der Waals surface area (Å²) in [5.41, 5.74) is -0.269. The fourth-order valence-electron chi connectivity index (χ4n) is 9.13. The van der Waals surface area contributed by atoms with Crippen molar-refractivity contribution in [3.05, 3.63) is 29.8 Å². The van der Waals surface area contributed by atoms with Gasteiger partial charge < -0.3 is 25.2 Å². The molecule has 1 aromatic rings. The Hall–Kier alpha value is -2.05. The lowest BCUT2D eigenvalue weighted by atomic mass is 9.41. The van der Waals surface area contributed by atoms with E-state index in [9.17, 15) is 25.2 Å². The van der Waals surface area contributed by atoms with Crippen LogP contribution < -0.4 is 0 Å². The van der Waals surface area contributed by atoms with Crippen molar-refractivity contribution in [1.82, 2.24) is 0 Å². The zero-order chi connectivity index (χ0) is 25.1.